The fraction of sp³-hybridized carbons (Fsp3) is 0.125. The lowest BCUT2D eigenvalue weighted by atomic mass is 10.2. The van der Waals surface area contributed by atoms with Gasteiger partial charge in [0.15, 0.2) is 6.61 Å². The molecule has 0 saturated carbocycles. The third-order valence-corrected chi connectivity index (χ3v) is 5.98. The molecule has 0 fully saturated rings. The number of carbonyl (C=O) groups is 2. The van der Waals surface area contributed by atoms with E-state index in [-0.39, 0.29) is 23.7 Å². The van der Waals surface area contributed by atoms with E-state index in [9.17, 15) is 9.59 Å². The van der Waals surface area contributed by atoms with Gasteiger partial charge in [-0.25, -0.2) is 5.43 Å². The zero-order valence-electron chi connectivity index (χ0n) is 17.6. The van der Waals surface area contributed by atoms with Crippen LogP contribution in [0.1, 0.15) is 12.5 Å². The summed E-state index contributed by atoms with van der Waals surface area (Å²) in [5.41, 5.74) is 3.83. The summed E-state index contributed by atoms with van der Waals surface area (Å²) >= 11 is 13.3. The Hall–Kier alpha value is -3.00. The lowest BCUT2D eigenvalue weighted by Crippen LogP contribution is -2.26. The fourth-order valence-corrected chi connectivity index (χ4v) is 3.75. The van der Waals surface area contributed by atoms with Crippen molar-refractivity contribution in [3.05, 3.63) is 88.4 Å². The van der Waals surface area contributed by atoms with Crippen molar-refractivity contribution in [3.63, 3.8) is 0 Å². The summed E-state index contributed by atoms with van der Waals surface area (Å²) < 4.78 is 5.49. The molecule has 0 heterocycles. The van der Waals surface area contributed by atoms with Crippen molar-refractivity contribution < 1.29 is 14.3 Å². The van der Waals surface area contributed by atoms with Crippen LogP contribution in [0, 0.1) is 0 Å². The number of nitrogens with one attached hydrogen (secondary N) is 2. The summed E-state index contributed by atoms with van der Waals surface area (Å²) in [5.74, 6) is -0.00351. The second kappa shape index (κ2) is 12.3. The Balaban J connectivity index is 1.42. The van der Waals surface area contributed by atoms with Crippen molar-refractivity contribution in [3.8, 4) is 5.75 Å². The standard InChI is InChI=1S/C24H21Cl2N3O3S/c1-16(33-20-12-8-18(25)9-13-20)24(31)29-27-14-17-6-10-19(11-7-17)32-15-23(30)28-22-5-3-2-4-21(22)26/h2-14,16H,15H2,1H3,(H,28,30)(H,29,31)/b27-14+. The van der Waals surface area contributed by atoms with Gasteiger partial charge in [-0.05, 0) is 73.2 Å². The van der Waals surface area contributed by atoms with Crippen LogP contribution in [0.2, 0.25) is 10.0 Å². The Morgan fingerprint density at radius 1 is 1.03 bits per heavy atom. The second-order valence-corrected chi connectivity index (χ2v) is 9.09. The molecule has 1 atom stereocenters. The number of rotatable bonds is 9. The zero-order valence-corrected chi connectivity index (χ0v) is 20.0. The van der Waals surface area contributed by atoms with Crippen LogP contribution in [0.25, 0.3) is 0 Å². The van der Waals surface area contributed by atoms with Crippen LogP contribution < -0.4 is 15.5 Å². The van der Waals surface area contributed by atoms with Gasteiger partial charge in [0.2, 0.25) is 0 Å². The van der Waals surface area contributed by atoms with E-state index in [1.807, 2.05) is 12.1 Å². The summed E-state index contributed by atoms with van der Waals surface area (Å²) in [4.78, 5) is 25.2. The van der Waals surface area contributed by atoms with Gasteiger partial charge in [0, 0.05) is 9.92 Å². The molecule has 0 radical (unpaired) electrons. The molecule has 3 aromatic carbocycles. The lowest BCUT2D eigenvalue weighted by Gasteiger charge is -2.09. The van der Waals surface area contributed by atoms with Gasteiger partial charge in [0.1, 0.15) is 5.75 Å². The Kier molecular flexibility index (Phi) is 9.18. The maximum atomic E-state index is 12.2. The van der Waals surface area contributed by atoms with E-state index < -0.39 is 0 Å². The molecule has 3 aromatic rings. The maximum Gasteiger partial charge on any atom is 0.262 e. The highest BCUT2D eigenvalue weighted by atomic mass is 35.5. The highest BCUT2D eigenvalue weighted by Crippen LogP contribution is 2.24. The largest absolute Gasteiger partial charge is 0.484 e. The van der Waals surface area contributed by atoms with Gasteiger partial charge in [0.05, 0.1) is 22.2 Å². The smallest absolute Gasteiger partial charge is 0.262 e. The molecule has 33 heavy (non-hydrogen) atoms. The summed E-state index contributed by atoms with van der Waals surface area (Å²) in [5, 5.41) is 7.48. The molecule has 0 bridgehead atoms. The zero-order chi connectivity index (χ0) is 23.6. The predicted molar refractivity (Wildman–Crippen MR) is 135 cm³/mol. The molecule has 0 aliphatic carbocycles. The molecule has 9 heteroatoms. The molecule has 1 unspecified atom stereocenters. The van der Waals surface area contributed by atoms with Crippen LogP contribution in [-0.2, 0) is 9.59 Å². The molecular formula is C24H21Cl2N3O3S. The molecule has 3 rings (SSSR count). The molecule has 170 valence electrons. The van der Waals surface area contributed by atoms with Gasteiger partial charge in [-0.15, -0.1) is 11.8 Å². The third-order valence-electron chi connectivity index (χ3n) is 4.28. The number of para-hydroxylation sites is 1. The first-order chi connectivity index (χ1) is 15.9. The Bertz CT molecular complexity index is 1120. The van der Waals surface area contributed by atoms with Crippen molar-refractivity contribution in [1.82, 2.24) is 5.43 Å². The molecule has 0 aliphatic heterocycles. The number of nitrogens with zero attached hydrogens (tertiary/aromatic N) is 1. The van der Waals surface area contributed by atoms with Gasteiger partial charge in [-0.2, -0.15) is 5.10 Å². The van der Waals surface area contributed by atoms with Crippen molar-refractivity contribution >= 4 is 58.7 Å². The minimum Gasteiger partial charge on any atom is -0.484 e. The van der Waals surface area contributed by atoms with Crippen LogP contribution in [0.4, 0.5) is 5.69 Å². The quantitative estimate of drug-likeness (QED) is 0.226. The average Bonchev–Trinajstić information content (AvgIpc) is 2.81. The van der Waals surface area contributed by atoms with E-state index in [0.29, 0.717) is 21.5 Å². The first kappa shape index (κ1) is 24.6. The van der Waals surface area contributed by atoms with Gasteiger partial charge in [0.25, 0.3) is 11.8 Å². The third kappa shape index (κ3) is 8.13. The van der Waals surface area contributed by atoms with Crippen LogP contribution >= 0.6 is 35.0 Å². The van der Waals surface area contributed by atoms with E-state index >= 15 is 0 Å². The number of amides is 2. The average molecular weight is 502 g/mol. The Morgan fingerprint density at radius 3 is 2.42 bits per heavy atom. The second-order valence-electron chi connectivity index (χ2n) is 6.83. The fourth-order valence-electron chi connectivity index (χ4n) is 2.58. The van der Waals surface area contributed by atoms with Crippen LogP contribution in [0.3, 0.4) is 0 Å². The van der Waals surface area contributed by atoms with Crippen LogP contribution in [-0.4, -0.2) is 29.9 Å². The molecule has 2 amide bonds. The van der Waals surface area contributed by atoms with E-state index in [1.165, 1.54) is 18.0 Å². The number of anilines is 1. The Labute approximate surface area is 206 Å². The minimum absolute atomic E-state index is 0.155. The number of benzene rings is 3. The summed E-state index contributed by atoms with van der Waals surface area (Å²) in [6, 6.07) is 21.2. The SMILES string of the molecule is CC(Sc1ccc(Cl)cc1)C(=O)N/N=C/c1ccc(OCC(=O)Nc2ccccc2Cl)cc1. The highest BCUT2D eigenvalue weighted by Gasteiger charge is 2.13. The lowest BCUT2D eigenvalue weighted by molar-refractivity contribution is -0.120. The maximum absolute atomic E-state index is 12.2. The van der Waals surface area contributed by atoms with Crippen molar-refractivity contribution in [2.45, 2.75) is 17.1 Å². The minimum atomic E-state index is -0.323. The number of carbonyl (C=O) groups excluding carboxylic acids is 2. The molecule has 0 aromatic heterocycles. The van der Waals surface area contributed by atoms with Gasteiger partial charge >= 0.3 is 0 Å². The predicted octanol–water partition coefficient (Wildman–Crippen LogP) is 5.64. The number of hydrogen-bond donors (Lipinski definition) is 2. The first-order valence-corrected chi connectivity index (χ1v) is 11.6. The summed E-state index contributed by atoms with van der Waals surface area (Å²) in [6.07, 6.45) is 1.53. The topological polar surface area (TPSA) is 79.8 Å². The number of hydrazone groups is 1. The summed E-state index contributed by atoms with van der Waals surface area (Å²) in [6.45, 7) is 1.65. The van der Waals surface area contributed by atoms with Gasteiger partial charge < -0.3 is 10.1 Å². The normalized spacial score (nSPS) is 11.7. The number of thioether (sulfide) groups is 1. The molecule has 0 spiro atoms. The van der Waals surface area contributed by atoms with E-state index in [2.05, 4.69) is 15.8 Å². The molecule has 0 saturated heterocycles. The van der Waals surface area contributed by atoms with Crippen LogP contribution in [0.5, 0.6) is 5.75 Å². The molecular weight excluding hydrogens is 481 g/mol. The molecule has 6 nitrogen and oxygen atoms in total. The van der Waals surface area contributed by atoms with Gasteiger partial charge in [-0.3, -0.25) is 9.59 Å². The van der Waals surface area contributed by atoms with Crippen LogP contribution in [0.15, 0.2) is 82.8 Å². The first-order valence-electron chi connectivity index (χ1n) is 9.93. The highest BCUT2D eigenvalue weighted by molar-refractivity contribution is 8.00. The van der Waals surface area contributed by atoms with Crippen molar-refractivity contribution in [1.29, 1.82) is 0 Å². The number of ether oxygens (including phenoxy) is 1. The molecule has 2 N–H and O–H groups in total. The van der Waals surface area contributed by atoms with Gasteiger partial charge in [-0.1, -0.05) is 35.3 Å². The van der Waals surface area contributed by atoms with E-state index in [1.54, 1.807) is 67.6 Å². The number of halogens is 2. The van der Waals surface area contributed by atoms with Crippen molar-refractivity contribution in [2.24, 2.45) is 5.10 Å². The molecule has 0 aliphatic rings. The Morgan fingerprint density at radius 2 is 1.73 bits per heavy atom. The van der Waals surface area contributed by atoms with E-state index in [0.717, 1.165) is 10.5 Å². The van der Waals surface area contributed by atoms with Crippen molar-refractivity contribution in [2.75, 3.05) is 11.9 Å². The summed E-state index contributed by atoms with van der Waals surface area (Å²) in [7, 11) is 0. The number of hydrogen-bond acceptors (Lipinski definition) is 5. The van der Waals surface area contributed by atoms with E-state index in [4.69, 9.17) is 27.9 Å². The monoisotopic (exact) mass is 501 g/mol.